The molecule has 0 aromatic heterocycles. The summed E-state index contributed by atoms with van der Waals surface area (Å²) in [4.78, 5) is 0. The molecule has 2 unspecified atom stereocenters. The molecule has 1 aliphatic carbocycles. The first-order valence-electron chi connectivity index (χ1n) is 6.33. The summed E-state index contributed by atoms with van der Waals surface area (Å²) >= 11 is 0. The number of hydrogen-bond acceptors (Lipinski definition) is 2. The minimum Gasteiger partial charge on any atom is -0.380 e. The van der Waals surface area contributed by atoms with Crippen LogP contribution in [0.15, 0.2) is 0 Å². The molecule has 0 amide bonds. The largest absolute Gasteiger partial charge is 0.380 e. The summed E-state index contributed by atoms with van der Waals surface area (Å²) in [6.45, 7) is 12.9. The van der Waals surface area contributed by atoms with Crippen LogP contribution in [-0.2, 0) is 4.74 Å². The predicted octanol–water partition coefficient (Wildman–Crippen LogP) is 2.83. The summed E-state index contributed by atoms with van der Waals surface area (Å²) in [6.07, 6.45) is 2.75. The van der Waals surface area contributed by atoms with E-state index in [1.807, 2.05) is 0 Å². The number of hydrogen-bond donors (Lipinski definition) is 1. The molecule has 2 atom stereocenters. The Hall–Kier alpha value is -0.0800. The summed E-state index contributed by atoms with van der Waals surface area (Å²) in [5.74, 6) is 0.640. The van der Waals surface area contributed by atoms with Crippen LogP contribution < -0.4 is 5.32 Å². The zero-order valence-corrected chi connectivity index (χ0v) is 11.0. The average Bonchev–Trinajstić information content (AvgIpc) is 2.91. The van der Waals surface area contributed by atoms with E-state index >= 15 is 0 Å². The molecule has 0 aromatic carbocycles. The van der Waals surface area contributed by atoms with Gasteiger partial charge in [0.2, 0.25) is 0 Å². The highest BCUT2D eigenvalue weighted by atomic mass is 16.5. The molecule has 1 aliphatic rings. The fourth-order valence-electron chi connectivity index (χ4n) is 1.83. The molecule has 0 spiro atoms. The number of ether oxygens (including phenoxy) is 1. The second kappa shape index (κ2) is 5.31. The molecule has 0 aliphatic heterocycles. The maximum Gasteiger partial charge on any atom is 0.0622 e. The van der Waals surface area contributed by atoms with Crippen molar-refractivity contribution in [1.29, 1.82) is 0 Å². The van der Waals surface area contributed by atoms with Crippen molar-refractivity contribution < 1.29 is 4.74 Å². The van der Waals surface area contributed by atoms with E-state index in [-0.39, 0.29) is 0 Å². The lowest BCUT2D eigenvalue weighted by molar-refractivity contribution is 0.0995. The van der Waals surface area contributed by atoms with Crippen LogP contribution in [0.2, 0.25) is 0 Å². The van der Waals surface area contributed by atoms with Gasteiger partial charge in [-0.15, -0.1) is 0 Å². The smallest absolute Gasteiger partial charge is 0.0622 e. The van der Waals surface area contributed by atoms with E-state index in [1.165, 1.54) is 12.8 Å². The lowest BCUT2D eigenvalue weighted by Gasteiger charge is -2.29. The maximum absolute atomic E-state index is 5.53. The summed E-state index contributed by atoms with van der Waals surface area (Å²) in [6, 6.07) is 1.11. The van der Waals surface area contributed by atoms with Gasteiger partial charge < -0.3 is 10.1 Å². The molecule has 15 heavy (non-hydrogen) atoms. The molecular formula is C13H27NO. The second-order valence-corrected chi connectivity index (χ2v) is 5.55. The van der Waals surface area contributed by atoms with Gasteiger partial charge in [0, 0.05) is 18.7 Å². The Labute approximate surface area is 94.8 Å². The summed E-state index contributed by atoms with van der Waals surface area (Å²) in [5, 5.41) is 3.73. The van der Waals surface area contributed by atoms with Gasteiger partial charge in [-0.3, -0.25) is 0 Å². The minimum atomic E-state index is 0.498. The number of rotatable bonds is 7. The van der Waals surface area contributed by atoms with Gasteiger partial charge >= 0.3 is 0 Å². The highest BCUT2D eigenvalue weighted by Gasteiger charge is 2.43. The van der Waals surface area contributed by atoms with Crippen molar-refractivity contribution in [2.45, 2.75) is 59.5 Å². The molecular weight excluding hydrogens is 186 g/mol. The fourth-order valence-corrected chi connectivity index (χ4v) is 1.83. The van der Waals surface area contributed by atoms with Crippen molar-refractivity contribution in [3.63, 3.8) is 0 Å². The molecule has 1 rings (SSSR count). The van der Waals surface area contributed by atoms with Crippen molar-refractivity contribution in [2.75, 3.05) is 13.2 Å². The van der Waals surface area contributed by atoms with Crippen molar-refractivity contribution in [2.24, 2.45) is 11.3 Å². The van der Waals surface area contributed by atoms with E-state index in [2.05, 4.69) is 39.9 Å². The van der Waals surface area contributed by atoms with Gasteiger partial charge in [-0.25, -0.2) is 0 Å². The first-order valence-corrected chi connectivity index (χ1v) is 6.33. The van der Waals surface area contributed by atoms with E-state index in [4.69, 9.17) is 4.74 Å². The fraction of sp³-hybridized carbons (Fsp3) is 1.00. The molecule has 2 heteroatoms. The van der Waals surface area contributed by atoms with Crippen LogP contribution in [0.1, 0.15) is 47.5 Å². The third kappa shape index (κ3) is 3.76. The Bertz CT molecular complexity index is 187. The molecule has 0 heterocycles. The highest BCUT2D eigenvalue weighted by molar-refractivity contribution is 4.97. The molecule has 0 bridgehead atoms. The predicted molar refractivity (Wildman–Crippen MR) is 65.1 cm³/mol. The molecule has 0 saturated heterocycles. The third-order valence-electron chi connectivity index (χ3n) is 3.85. The van der Waals surface area contributed by atoms with Crippen LogP contribution in [0.4, 0.5) is 0 Å². The Morgan fingerprint density at radius 3 is 2.27 bits per heavy atom. The Kier molecular flexibility index (Phi) is 4.60. The van der Waals surface area contributed by atoms with Gasteiger partial charge in [-0.2, -0.15) is 0 Å². The summed E-state index contributed by atoms with van der Waals surface area (Å²) in [5.41, 5.74) is 0.555. The van der Waals surface area contributed by atoms with Crippen LogP contribution in [-0.4, -0.2) is 25.3 Å². The minimum absolute atomic E-state index is 0.498. The topological polar surface area (TPSA) is 21.3 Å². The lowest BCUT2D eigenvalue weighted by Crippen LogP contribution is -2.46. The van der Waals surface area contributed by atoms with Gasteiger partial charge in [0.1, 0.15) is 0 Å². The normalized spacial score (nSPS) is 22.8. The second-order valence-electron chi connectivity index (χ2n) is 5.55. The Balaban J connectivity index is 2.36. The first-order chi connectivity index (χ1) is 6.99. The van der Waals surface area contributed by atoms with Crippen molar-refractivity contribution >= 4 is 0 Å². The van der Waals surface area contributed by atoms with Gasteiger partial charge in [-0.05, 0) is 38.0 Å². The van der Waals surface area contributed by atoms with Gasteiger partial charge in [-0.1, -0.05) is 20.8 Å². The van der Waals surface area contributed by atoms with Crippen LogP contribution in [0.25, 0.3) is 0 Å². The van der Waals surface area contributed by atoms with Gasteiger partial charge in [0.25, 0.3) is 0 Å². The summed E-state index contributed by atoms with van der Waals surface area (Å²) < 4.78 is 5.53. The van der Waals surface area contributed by atoms with E-state index < -0.39 is 0 Å². The Morgan fingerprint density at radius 2 is 1.87 bits per heavy atom. The van der Waals surface area contributed by atoms with E-state index in [9.17, 15) is 0 Å². The van der Waals surface area contributed by atoms with Crippen LogP contribution in [0, 0.1) is 11.3 Å². The van der Waals surface area contributed by atoms with E-state index in [1.54, 1.807) is 0 Å². The molecule has 1 fully saturated rings. The van der Waals surface area contributed by atoms with Crippen LogP contribution >= 0.6 is 0 Å². The Morgan fingerprint density at radius 1 is 1.27 bits per heavy atom. The molecule has 1 N–H and O–H groups in total. The van der Waals surface area contributed by atoms with E-state index in [0.29, 0.717) is 23.4 Å². The van der Waals surface area contributed by atoms with Crippen molar-refractivity contribution in [1.82, 2.24) is 5.32 Å². The zero-order chi connectivity index (χ0) is 11.5. The highest BCUT2D eigenvalue weighted by Crippen LogP contribution is 2.48. The SMILES string of the molecule is CCOCC(NC(C)C1(C)CC1)C(C)C. The standard InChI is InChI=1S/C13H27NO/c1-6-15-9-12(10(2)3)14-11(4)13(5)7-8-13/h10-12,14H,6-9H2,1-5H3. The number of nitrogens with one attached hydrogen (secondary N) is 1. The van der Waals surface area contributed by atoms with Crippen LogP contribution in [0.5, 0.6) is 0 Å². The molecule has 1 saturated carbocycles. The third-order valence-corrected chi connectivity index (χ3v) is 3.85. The molecule has 2 nitrogen and oxygen atoms in total. The molecule has 90 valence electrons. The summed E-state index contributed by atoms with van der Waals surface area (Å²) in [7, 11) is 0. The van der Waals surface area contributed by atoms with Gasteiger partial charge in [0.15, 0.2) is 0 Å². The zero-order valence-electron chi connectivity index (χ0n) is 11.0. The van der Waals surface area contributed by atoms with Gasteiger partial charge in [0.05, 0.1) is 6.61 Å². The lowest BCUT2D eigenvalue weighted by atomic mass is 9.97. The van der Waals surface area contributed by atoms with Crippen LogP contribution in [0.3, 0.4) is 0 Å². The van der Waals surface area contributed by atoms with Crippen molar-refractivity contribution in [3.8, 4) is 0 Å². The van der Waals surface area contributed by atoms with Crippen molar-refractivity contribution in [3.05, 3.63) is 0 Å². The quantitative estimate of drug-likeness (QED) is 0.702. The molecule has 0 aromatic rings. The first kappa shape index (κ1) is 13.0. The van der Waals surface area contributed by atoms with E-state index in [0.717, 1.165) is 13.2 Å². The average molecular weight is 213 g/mol. The molecule has 0 radical (unpaired) electrons. The maximum atomic E-state index is 5.53. The monoisotopic (exact) mass is 213 g/mol.